The molecular weight excluding hydrogens is 547 g/mol. The van der Waals surface area contributed by atoms with Crippen LogP contribution in [0.2, 0.25) is 19.6 Å². The van der Waals surface area contributed by atoms with Gasteiger partial charge in [-0.25, -0.2) is 0 Å². The number of ether oxygens (including phenoxy) is 1. The Hall–Kier alpha value is -1.95. The quantitative estimate of drug-likeness (QED) is 0.155. The summed E-state index contributed by atoms with van der Waals surface area (Å²) in [7, 11) is 2.05. The average molecular weight is 583 g/mol. The molecule has 0 bridgehead atoms. The van der Waals surface area contributed by atoms with Gasteiger partial charge < -0.3 is 20.7 Å². The molecule has 0 heterocycles. The van der Waals surface area contributed by atoms with Crippen molar-refractivity contribution in [2.24, 2.45) is 0 Å². The number of hydrogen-bond acceptors (Lipinski definition) is 5. The molecule has 7 nitrogen and oxygen atoms in total. The molecule has 180 valence electrons. The molecule has 0 radical (unpaired) electrons. The molecule has 2 aromatic carbocycles. The molecule has 9 heteroatoms. The highest BCUT2D eigenvalue weighted by molar-refractivity contribution is 14.1. The number of carbonyl (C=O) groups excluding carboxylic acids is 2. The lowest BCUT2D eigenvalue weighted by atomic mass is 10.1. The number of rotatable bonds is 12. The van der Waals surface area contributed by atoms with Crippen molar-refractivity contribution in [3.63, 3.8) is 0 Å². The molecule has 0 aromatic heterocycles. The smallest absolute Gasteiger partial charge is 0.251 e. The lowest BCUT2D eigenvalue weighted by Crippen LogP contribution is -2.43. The van der Waals surface area contributed by atoms with Gasteiger partial charge >= 0.3 is 0 Å². The maximum atomic E-state index is 13.2. The average Bonchev–Trinajstić information content (AvgIpc) is 2.80. The van der Waals surface area contributed by atoms with Crippen LogP contribution < -0.4 is 25.9 Å². The molecule has 2 rings (SSSR count). The molecule has 33 heavy (non-hydrogen) atoms. The summed E-state index contributed by atoms with van der Waals surface area (Å²) < 4.78 is 5.95. The van der Waals surface area contributed by atoms with Crippen LogP contribution >= 0.6 is 22.6 Å². The maximum absolute atomic E-state index is 13.2. The fraction of sp³-hybridized carbons (Fsp3) is 0.417. The standard InChI is InChI=1S/C24H35IN4O3Si/c1-26-14-15-29(17-25)16-22(30)28-23(18-6-10-20(32-2)11-7-18)24(31)27-19-8-12-21(13-9-19)33(3,4)5/h6-13,23,26H,14-17H2,1-5H3,(H,27,31)(H,28,30). The summed E-state index contributed by atoms with van der Waals surface area (Å²) in [6.07, 6.45) is 0. The number of alkyl halides is 1. The maximum Gasteiger partial charge on any atom is 0.251 e. The van der Waals surface area contributed by atoms with Gasteiger partial charge in [0.1, 0.15) is 11.8 Å². The molecule has 0 spiro atoms. The van der Waals surface area contributed by atoms with E-state index in [1.807, 2.05) is 24.1 Å². The Morgan fingerprint density at radius 1 is 1.06 bits per heavy atom. The van der Waals surface area contributed by atoms with E-state index in [0.29, 0.717) is 17.0 Å². The molecule has 3 N–H and O–H groups in total. The van der Waals surface area contributed by atoms with Crippen LogP contribution in [0.1, 0.15) is 11.6 Å². The summed E-state index contributed by atoms with van der Waals surface area (Å²) in [6.45, 7) is 8.60. The second-order valence-electron chi connectivity index (χ2n) is 8.87. The molecule has 0 fully saturated rings. The SMILES string of the molecule is CNCCN(CI)CC(=O)NC(C(=O)Nc1ccc([Si](C)(C)C)cc1)c1ccc(OC)cc1. The number of anilines is 1. The molecule has 0 aliphatic heterocycles. The number of nitrogens with zero attached hydrogens (tertiary/aromatic N) is 1. The van der Waals surface area contributed by atoms with Gasteiger partial charge in [-0.3, -0.25) is 14.5 Å². The molecule has 0 aliphatic rings. The highest BCUT2D eigenvalue weighted by Gasteiger charge is 2.24. The summed E-state index contributed by atoms with van der Waals surface area (Å²) in [5.74, 6) is 0.202. The zero-order valence-electron chi connectivity index (χ0n) is 20.1. The summed E-state index contributed by atoms with van der Waals surface area (Å²) in [5.41, 5.74) is 1.40. The van der Waals surface area contributed by atoms with Crippen LogP contribution in [0, 0.1) is 0 Å². The highest BCUT2D eigenvalue weighted by atomic mass is 127. The molecule has 0 saturated carbocycles. The van der Waals surface area contributed by atoms with E-state index in [1.165, 1.54) is 5.19 Å². The molecule has 2 amide bonds. The fourth-order valence-corrected chi connectivity index (χ4v) is 4.97. The molecule has 2 aromatic rings. The third-order valence-corrected chi connectivity index (χ3v) is 8.28. The van der Waals surface area contributed by atoms with Crippen LogP contribution in [-0.4, -0.2) is 63.1 Å². The van der Waals surface area contributed by atoms with Gasteiger partial charge in [0, 0.05) is 18.8 Å². The minimum absolute atomic E-state index is 0.201. The van der Waals surface area contributed by atoms with Crippen molar-refractivity contribution in [1.82, 2.24) is 15.5 Å². The molecular formula is C24H35IN4O3Si. The van der Waals surface area contributed by atoms with E-state index < -0.39 is 14.1 Å². The van der Waals surface area contributed by atoms with Crippen LogP contribution in [0.15, 0.2) is 48.5 Å². The third kappa shape index (κ3) is 8.73. The number of methoxy groups -OCH3 is 1. The highest BCUT2D eigenvalue weighted by Crippen LogP contribution is 2.20. The van der Waals surface area contributed by atoms with E-state index in [1.54, 1.807) is 31.4 Å². The fourth-order valence-electron chi connectivity index (χ4n) is 3.23. The number of benzene rings is 2. The van der Waals surface area contributed by atoms with E-state index >= 15 is 0 Å². The van der Waals surface area contributed by atoms with Gasteiger partial charge in [0.25, 0.3) is 5.91 Å². The second-order valence-corrected chi connectivity index (χ2v) is 14.6. The Morgan fingerprint density at radius 2 is 1.70 bits per heavy atom. The van der Waals surface area contributed by atoms with Crippen molar-refractivity contribution in [2.75, 3.05) is 43.7 Å². The monoisotopic (exact) mass is 582 g/mol. The molecule has 1 unspecified atom stereocenters. The van der Waals surface area contributed by atoms with Crippen molar-refractivity contribution in [1.29, 1.82) is 0 Å². The van der Waals surface area contributed by atoms with Gasteiger partial charge in [-0.05, 0) is 36.9 Å². The summed E-state index contributed by atoms with van der Waals surface area (Å²) in [6, 6.07) is 14.3. The Morgan fingerprint density at radius 3 is 2.21 bits per heavy atom. The lowest BCUT2D eigenvalue weighted by Gasteiger charge is -2.23. The number of amides is 2. The zero-order valence-corrected chi connectivity index (χ0v) is 23.2. The lowest BCUT2D eigenvalue weighted by molar-refractivity contribution is -0.127. The number of carbonyl (C=O) groups is 2. The van der Waals surface area contributed by atoms with Gasteiger partial charge in [-0.15, -0.1) is 0 Å². The van der Waals surface area contributed by atoms with Crippen LogP contribution in [0.4, 0.5) is 5.69 Å². The van der Waals surface area contributed by atoms with Crippen LogP contribution in [-0.2, 0) is 9.59 Å². The van der Waals surface area contributed by atoms with Crippen molar-refractivity contribution >= 4 is 53.4 Å². The third-order valence-electron chi connectivity index (χ3n) is 5.25. The summed E-state index contributed by atoms with van der Waals surface area (Å²) in [4.78, 5) is 28.1. The number of nitrogens with one attached hydrogen (secondary N) is 3. The van der Waals surface area contributed by atoms with Crippen molar-refractivity contribution in [3.05, 3.63) is 54.1 Å². The van der Waals surface area contributed by atoms with Gasteiger partial charge in [-0.2, -0.15) is 0 Å². The van der Waals surface area contributed by atoms with E-state index in [9.17, 15) is 9.59 Å². The Balaban J connectivity index is 2.19. The Kier molecular flexibility index (Phi) is 10.8. The van der Waals surface area contributed by atoms with Crippen LogP contribution in [0.5, 0.6) is 5.75 Å². The van der Waals surface area contributed by atoms with Gasteiger partial charge in [0.15, 0.2) is 0 Å². The van der Waals surface area contributed by atoms with Gasteiger partial charge in [-0.1, -0.05) is 71.7 Å². The van der Waals surface area contributed by atoms with Crippen molar-refractivity contribution < 1.29 is 14.3 Å². The van der Waals surface area contributed by atoms with E-state index in [2.05, 4.69) is 70.3 Å². The second kappa shape index (κ2) is 13.1. The number of likely N-dealkylation sites (N-methyl/N-ethyl adjacent to an activating group) is 1. The minimum Gasteiger partial charge on any atom is -0.497 e. The Bertz CT molecular complexity index is 901. The number of halogens is 1. The van der Waals surface area contributed by atoms with Crippen molar-refractivity contribution in [2.45, 2.75) is 25.7 Å². The first-order chi connectivity index (χ1) is 15.7. The van der Waals surface area contributed by atoms with E-state index in [-0.39, 0.29) is 18.4 Å². The van der Waals surface area contributed by atoms with E-state index in [0.717, 1.165) is 17.6 Å². The number of hydrogen-bond donors (Lipinski definition) is 3. The van der Waals surface area contributed by atoms with E-state index in [4.69, 9.17) is 4.74 Å². The van der Waals surface area contributed by atoms with Crippen LogP contribution in [0.25, 0.3) is 0 Å². The first-order valence-electron chi connectivity index (χ1n) is 11.0. The summed E-state index contributed by atoms with van der Waals surface area (Å²) >= 11 is 2.24. The van der Waals surface area contributed by atoms with Gasteiger partial charge in [0.05, 0.1) is 26.3 Å². The molecule has 0 aliphatic carbocycles. The predicted molar refractivity (Wildman–Crippen MR) is 146 cm³/mol. The van der Waals surface area contributed by atoms with Crippen LogP contribution in [0.3, 0.4) is 0 Å². The zero-order chi connectivity index (χ0) is 24.4. The van der Waals surface area contributed by atoms with Gasteiger partial charge in [0.2, 0.25) is 5.91 Å². The van der Waals surface area contributed by atoms with Crippen molar-refractivity contribution in [3.8, 4) is 5.75 Å². The predicted octanol–water partition coefficient (Wildman–Crippen LogP) is 2.95. The Labute approximate surface area is 211 Å². The largest absolute Gasteiger partial charge is 0.497 e. The first-order valence-corrected chi connectivity index (χ1v) is 16.0. The first kappa shape index (κ1) is 27.3. The molecule has 0 saturated heterocycles. The molecule has 1 atom stereocenters. The minimum atomic E-state index is -1.42. The topological polar surface area (TPSA) is 82.7 Å². The normalized spacial score (nSPS) is 12.3. The summed E-state index contributed by atoms with van der Waals surface area (Å²) in [5, 5.41) is 10.3.